The van der Waals surface area contributed by atoms with E-state index in [0.29, 0.717) is 35.3 Å². The molecule has 2 amide bonds. The molecule has 2 aromatic carbocycles. The number of benzene rings is 2. The molecule has 36 heavy (non-hydrogen) atoms. The SMILES string of the molecule is CN(Cc1cc(C(F)(F)F)cc(C(F)(F)F)c1)C(=O)C/C(=C1\CCN(C(=O)O)C1)c1ccc(F)cc1. The molecule has 0 aromatic heterocycles. The summed E-state index contributed by atoms with van der Waals surface area (Å²) in [6.45, 7) is -0.329. The number of hydrogen-bond donors (Lipinski definition) is 1. The Labute approximate surface area is 201 Å². The molecule has 0 saturated carbocycles. The summed E-state index contributed by atoms with van der Waals surface area (Å²) >= 11 is 0. The van der Waals surface area contributed by atoms with Crippen molar-refractivity contribution in [2.24, 2.45) is 0 Å². The van der Waals surface area contributed by atoms with Crippen molar-refractivity contribution in [3.63, 3.8) is 0 Å². The molecule has 5 nitrogen and oxygen atoms in total. The highest BCUT2D eigenvalue weighted by Crippen LogP contribution is 2.37. The van der Waals surface area contributed by atoms with Crippen LogP contribution in [-0.2, 0) is 23.7 Å². The molecule has 1 aliphatic rings. The summed E-state index contributed by atoms with van der Waals surface area (Å²) in [6.07, 6.45) is -11.2. The smallest absolute Gasteiger partial charge is 0.416 e. The number of carbonyl (C=O) groups excluding carboxylic acids is 1. The third-order valence-electron chi connectivity index (χ3n) is 5.78. The zero-order valence-corrected chi connectivity index (χ0v) is 18.9. The molecular weight excluding hydrogens is 497 g/mol. The molecule has 0 aliphatic carbocycles. The number of likely N-dealkylation sites (tertiary alicyclic amines) is 1. The van der Waals surface area contributed by atoms with Crippen LogP contribution in [0.25, 0.3) is 5.57 Å². The highest BCUT2D eigenvalue weighted by atomic mass is 19.4. The Bertz CT molecular complexity index is 1140. The lowest BCUT2D eigenvalue weighted by Crippen LogP contribution is -2.27. The van der Waals surface area contributed by atoms with Crippen molar-refractivity contribution in [1.29, 1.82) is 0 Å². The van der Waals surface area contributed by atoms with Gasteiger partial charge in [0.1, 0.15) is 5.82 Å². The van der Waals surface area contributed by atoms with Crippen molar-refractivity contribution in [3.05, 3.63) is 76.1 Å². The number of nitrogens with zero attached hydrogens (tertiary/aromatic N) is 2. The van der Waals surface area contributed by atoms with Crippen molar-refractivity contribution >= 4 is 17.6 Å². The van der Waals surface area contributed by atoms with E-state index in [2.05, 4.69) is 0 Å². The van der Waals surface area contributed by atoms with E-state index in [4.69, 9.17) is 0 Å². The molecule has 3 rings (SSSR count). The number of carbonyl (C=O) groups is 2. The number of rotatable bonds is 5. The van der Waals surface area contributed by atoms with Gasteiger partial charge < -0.3 is 14.9 Å². The molecule has 0 atom stereocenters. The van der Waals surface area contributed by atoms with Crippen LogP contribution in [0.1, 0.15) is 35.1 Å². The van der Waals surface area contributed by atoms with Gasteiger partial charge in [0.15, 0.2) is 0 Å². The topological polar surface area (TPSA) is 60.9 Å². The first kappa shape index (κ1) is 27.0. The molecule has 0 spiro atoms. The molecule has 0 radical (unpaired) electrons. The van der Waals surface area contributed by atoms with Crippen molar-refractivity contribution in [1.82, 2.24) is 9.80 Å². The van der Waals surface area contributed by atoms with Gasteiger partial charge in [-0.3, -0.25) is 4.79 Å². The summed E-state index contributed by atoms with van der Waals surface area (Å²) in [5, 5.41) is 9.23. The maximum Gasteiger partial charge on any atom is 0.416 e. The maximum absolute atomic E-state index is 13.4. The Kier molecular flexibility index (Phi) is 7.65. The number of amides is 2. The fourth-order valence-corrected chi connectivity index (χ4v) is 3.91. The summed E-state index contributed by atoms with van der Waals surface area (Å²) in [5.74, 6) is -1.16. The Morgan fingerprint density at radius 1 is 0.972 bits per heavy atom. The number of halogens is 7. The lowest BCUT2D eigenvalue weighted by molar-refractivity contribution is -0.143. The summed E-state index contributed by atoms with van der Waals surface area (Å²) in [6, 6.07) is 6.27. The summed E-state index contributed by atoms with van der Waals surface area (Å²) < 4.78 is 92.4. The van der Waals surface area contributed by atoms with E-state index in [0.717, 1.165) is 21.9 Å². The third-order valence-corrected chi connectivity index (χ3v) is 5.78. The highest BCUT2D eigenvalue weighted by Gasteiger charge is 2.37. The van der Waals surface area contributed by atoms with Gasteiger partial charge in [0.2, 0.25) is 5.91 Å². The molecule has 1 N–H and O–H groups in total. The van der Waals surface area contributed by atoms with E-state index >= 15 is 0 Å². The van der Waals surface area contributed by atoms with Crippen molar-refractivity contribution in [3.8, 4) is 0 Å². The minimum absolute atomic E-state index is 0.0106. The third kappa shape index (κ3) is 6.55. The minimum Gasteiger partial charge on any atom is -0.465 e. The van der Waals surface area contributed by atoms with Gasteiger partial charge in [-0.15, -0.1) is 0 Å². The molecule has 1 aliphatic heterocycles. The molecule has 1 saturated heterocycles. The molecule has 0 unspecified atom stereocenters. The summed E-state index contributed by atoms with van der Waals surface area (Å²) in [4.78, 5) is 26.4. The van der Waals surface area contributed by atoms with E-state index in [1.54, 1.807) is 0 Å². The van der Waals surface area contributed by atoms with Crippen LogP contribution < -0.4 is 0 Å². The zero-order valence-electron chi connectivity index (χ0n) is 18.9. The van der Waals surface area contributed by atoms with Gasteiger partial charge in [0.25, 0.3) is 0 Å². The first-order valence-corrected chi connectivity index (χ1v) is 10.6. The second-order valence-corrected chi connectivity index (χ2v) is 8.38. The fraction of sp³-hybridized carbons (Fsp3) is 0.333. The molecule has 0 bridgehead atoms. The van der Waals surface area contributed by atoms with Crippen molar-refractivity contribution in [2.45, 2.75) is 31.7 Å². The number of hydrogen-bond acceptors (Lipinski definition) is 2. The first-order chi connectivity index (χ1) is 16.6. The van der Waals surface area contributed by atoms with Gasteiger partial charge in [-0.25, -0.2) is 9.18 Å². The van der Waals surface area contributed by atoms with Crippen LogP contribution in [-0.4, -0.2) is 47.0 Å². The van der Waals surface area contributed by atoms with Gasteiger partial charge >= 0.3 is 18.4 Å². The quantitative estimate of drug-likeness (QED) is 0.491. The maximum atomic E-state index is 13.4. The molecule has 2 aromatic rings. The summed E-state index contributed by atoms with van der Waals surface area (Å²) in [7, 11) is 1.24. The van der Waals surface area contributed by atoms with Gasteiger partial charge in [-0.1, -0.05) is 12.1 Å². The molecule has 194 valence electrons. The van der Waals surface area contributed by atoms with Crippen LogP contribution in [0.5, 0.6) is 0 Å². The van der Waals surface area contributed by atoms with Gasteiger partial charge in [-0.05, 0) is 59.0 Å². The normalized spacial score (nSPS) is 15.7. The highest BCUT2D eigenvalue weighted by molar-refractivity contribution is 5.90. The predicted molar refractivity (Wildman–Crippen MR) is 115 cm³/mol. The lowest BCUT2D eigenvalue weighted by Gasteiger charge is -2.21. The average molecular weight is 518 g/mol. The molecular formula is C24H21F7N2O3. The second-order valence-electron chi connectivity index (χ2n) is 8.38. The Morgan fingerprint density at radius 2 is 1.53 bits per heavy atom. The van der Waals surface area contributed by atoms with E-state index in [-0.39, 0.29) is 31.1 Å². The van der Waals surface area contributed by atoms with Crippen LogP contribution in [0.3, 0.4) is 0 Å². The van der Waals surface area contributed by atoms with Crippen LogP contribution in [0.4, 0.5) is 35.5 Å². The monoisotopic (exact) mass is 518 g/mol. The van der Waals surface area contributed by atoms with E-state index < -0.39 is 47.8 Å². The molecule has 1 heterocycles. The zero-order chi connectivity index (χ0) is 26.8. The van der Waals surface area contributed by atoms with Crippen molar-refractivity contribution < 1.29 is 45.4 Å². The van der Waals surface area contributed by atoms with Crippen LogP contribution in [0.2, 0.25) is 0 Å². The van der Waals surface area contributed by atoms with Gasteiger partial charge in [-0.2, -0.15) is 26.3 Å². The Balaban J connectivity index is 1.88. The van der Waals surface area contributed by atoms with Gasteiger partial charge in [0, 0.05) is 26.7 Å². The number of alkyl halides is 6. The van der Waals surface area contributed by atoms with E-state index in [9.17, 15) is 45.4 Å². The Morgan fingerprint density at radius 3 is 2.00 bits per heavy atom. The lowest BCUT2D eigenvalue weighted by atomic mass is 9.95. The molecule has 1 fully saturated rings. The van der Waals surface area contributed by atoms with Crippen LogP contribution in [0.15, 0.2) is 48.0 Å². The minimum atomic E-state index is -5.02. The van der Waals surface area contributed by atoms with Crippen molar-refractivity contribution in [2.75, 3.05) is 20.1 Å². The van der Waals surface area contributed by atoms with Gasteiger partial charge in [0.05, 0.1) is 17.5 Å². The second kappa shape index (κ2) is 10.2. The average Bonchev–Trinajstić information content (AvgIpc) is 3.27. The van der Waals surface area contributed by atoms with E-state index in [1.807, 2.05) is 0 Å². The van der Waals surface area contributed by atoms with Crippen LogP contribution >= 0.6 is 0 Å². The predicted octanol–water partition coefficient (Wildman–Crippen LogP) is 6.05. The standard InChI is InChI=1S/C24H21F7N2O3/c1-32(12-14-8-17(23(26,27)28)10-18(9-14)24(29,30)31)21(34)11-20(15-2-4-19(25)5-3-15)16-6-7-33(13-16)22(35)36/h2-5,8-10H,6-7,11-13H2,1H3,(H,35,36)/b20-16-. The van der Waals surface area contributed by atoms with Crippen LogP contribution in [0, 0.1) is 5.82 Å². The largest absolute Gasteiger partial charge is 0.465 e. The number of carboxylic acid groups (broad SMARTS) is 1. The summed E-state index contributed by atoms with van der Waals surface area (Å²) in [5.41, 5.74) is -1.83. The first-order valence-electron chi connectivity index (χ1n) is 10.6. The molecule has 12 heteroatoms. The Hall–Kier alpha value is -3.57. The van der Waals surface area contributed by atoms with E-state index in [1.165, 1.54) is 19.2 Å². The fourth-order valence-electron chi connectivity index (χ4n) is 3.91.